The van der Waals surface area contributed by atoms with Gasteiger partial charge in [-0.25, -0.2) is 0 Å². The van der Waals surface area contributed by atoms with Gasteiger partial charge in [0.1, 0.15) is 5.84 Å². The maximum Gasteiger partial charge on any atom is 0.126 e. The van der Waals surface area contributed by atoms with Crippen molar-refractivity contribution < 1.29 is 0 Å². The third kappa shape index (κ3) is 6.06. The van der Waals surface area contributed by atoms with E-state index in [2.05, 4.69) is 187 Å². The highest BCUT2D eigenvalue weighted by Crippen LogP contribution is 2.62. The Bertz CT molecular complexity index is 3070. The van der Waals surface area contributed by atoms with E-state index < -0.39 is 12.1 Å². The number of rotatable bonds is 9. The van der Waals surface area contributed by atoms with Crippen molar-refractivity contribution in [2.24, 2.45) is 22.4 Å². The van der Waals surface area contributed by atoms with Crippen molar-refractivity contribution in [2.75, 3.05) is 0 Å². The zero-order valence-corrected chi connectivity index (χ0v) is 34.3. The summed E-state index contributed by atoms with van der Waals surface area (Å²) in [7, 11) is 0. The van der Waals surface area contributed by atoms with Crippen LogP contribution in [0.2, 0.25) is 0 Å². The SMILES string of the molecule is NC(=NC(c1cccc(-c2cccc(-n3c4c(c5ccccc53)C=CC3C4c4ccccc4C3(c3ccccc3)c3ccccc3)c2)c1)[C@H](N)c1ccccc1)c1ccccc1. The number of hydrogen-bond donors (Lipinski definition) is 2. The lowest BCUT2D eigenvalue weighted by molar-refractivity contribution is 0.444. The van der Waals surface area contributed by atoms with Crippen LogP contribution in [0.25, 0.3) is 33.8 Å². The Labute approximate surface area is 363 Å². The number of nitrogens with zero attached hydrogens (tertiary/aromatic N) is 2. The Hall–Kier alpha value is -7.53. The van der Waals surface area contributed by atoms with Crippen LogP contribution in [0.4, 0.5) is 0 Å². The van der Waals surface area contributed by atoms with Gasteiger partial charge >= 0.3 is 0 Å². The van der Waals surface area contributed by atoms with Gasteiger partial charge in [0.15, 0.2) is 0 Å². The predicted molar refractivity (Wildman–Crippen MR) is 256 cm³/mol. The molecular formula is C58H46N4. The van der Waals surface area contributed by atoms with Crippen LogP contribution < -0.4 is 11.5 Å². The first-order valence-corrected chi connectivity index (χ1v) is 21.5. The van der Waals surface area contributed by atoms with Crippen molar-refractivity contribution in [2.45, 2.75) is 23.4 Å². The zero-order chi connectivity index (χ0) is 41.6. The second kappa shape index (κ2) is 15.5. The average molecular weight is 799 g/mol. The minimum Gasteiger partial charge on any atom is -0.383 e. The molecule has 0 spiro atoms. The summed E-state index contributed by atoms with van der Waals surface area (Å²) in [5, 5.41) is 1.26. The van der Waals surface area contributed by atoms with Crippen molar-refractivity contribution in [1.29, 1.82) is 0 Å². The number of fused-ring (bicyclic) bond motifs is 7. The molecule has 8 aromatic carbocycles. The Morgan fingerprint density at radius 3 is 1.87 bits per heavy atom. The second-order valence-electron chi connectivity index (χ2n) is 16.6. The lowest BCUT2D eigenvalue weighted by atomic mass is 9.62. The summed E-state index contributed by atoms with van der Waals surface area (Å²) in [6, 6.07) is 77.3. The van der Waals surface area contributed by atoms with Gasteiger partial charge in [0.25, 0.3) is 0 Å². The molecule has 3 unspecified atom stereocenters. The molecule has 4 N–H and O–H groups in total. The monoisotopic (exact) mass is 798 g/mol. The van der Waals surface area contributed by atoms with Crippen LogP contribution in [-0.2, 0) is 5.41 Å². The Balaban J connectivity index is 1.07. The fraction of sp³-hybridized carbons (Fsp3) is 0.0862. The quantitative estimate of drug-likeness (QED) is 0.113. The molecule has 4 nitrogen and oxygen atoms in total. The lowest BCUT2D eigenvalue weighted by Crippen LogP contribution is -2.36. The van der Waals surface area contributed by atoms with E-state index in [-0.39, 0.29) is 17.3 Å². The first-order valence-electron chi connectivity index (χ1n) is 21.5. The molecule has 4 heteroatoms. The molecule has 0 amide bonds. The highest BCUT2D eigenvalue weighted by Gasteiger charge is 2.55. The molecule has 1 heterocycles. The number of aliphatic imine (C=N–C) groups is 1. The Morgan fingerprint density at radius 1 is 0.565 bits per heavy atom. The highest BCUT2D eigenvalue weighted by molar-refractivity contribution is 5.98. The van der Waals surface area contributed by atoms with Gasteiger partial charge in [-0.15, -0.1) is 0 Å². The maximum atomic E-state index is 7.09. The van der Waals surface area contributed by atoms with Gasteiger partial charge in [-0.2, -0.15) is 0 Å². The van der Waals surface area contributed by atoms with Gasteiger partial charge in [0.05, 0.1) is 23.0 Å². The molecular weight excluding hydrogens is 753 g/mol. The van der Waals surface area contributed by atoms with Crippen molar-refractivity contribution in [1.82, 2.24) is 4.57 Å². The Kier molecular flexibility index (Phi) is 9.36. The number of benzene rings is 8. The summed E-state index contributed by atoms with van der Waals surface area (Å²) in [6.07, 6.45) is 4.92. The first-order chi connectivity index (χ1) is 30.6. The van der Waals surface area contributed by atoms with Gasteiger partial charge < -0.3 is 16.0 Å². The minimum atomic E-state index is -0.415. The number of amidine groups is 1. The third-order valence-corrected chi connectivity index (χ3v) is 13.3. The van der Waals surface area contributed by atoms with Crippen LogP contribution in [0, 0.1) is 5.92 Å². The molecule has 9 aromatic rings. The van der Waals surface area contributed by atoms with Crippen LogP contribution in [0.5, 0.6) is 0 Å². The molecule has 0 saturated heterocycles. The van der Waals surface area contributed by atoms with Crippen LogP contribution in [-0.4, -0.2) is 10.4 Å². The van der Waals surface area contributed by atoms with Gasteiger partial charge in [0.2, 0.25) is 0 Å². The van der Waals surface area contributed by atoms with E-state index in [4.69, 9.17) is 16.5 Å². The standard InChI is InChI=1S/C58H46N4/c59-54(39-19-5-1-6-20-39)55(61-57(60)40-21-7-2-8-22-40)43-25-17-23-41(37-43)42-24-18-30-46(38-42)62-52-34-16-14-31-47(52)48-35-36-51-53(56(48)62)49-32-13-15-33-50(49)58(51,44-26-9-3-10-27-44)45-28-11-4-12-29-45/h1-38,51,53-55H,59H2,(H2,60,61)/t51?,53?,54-,55?/m1/s1. The molecule has 0 fully saturated rings. The van der Waals surface area contributed by atoms with Crippen LogP contribution in [0.15, 0.2) is 229 Å². The van der Waals surface area contributed by atoms with E-state index in [0.717, 1.165) is 33.5 Å². The molecule has 11 rings (SSSR count). The summed E-state index contributed by atoms with van der Waals surface area (Å²) < 4.78 is 2.54. The molecule has 298 valence electrons. The van der Waals surface area contributed by atoms with E-state index in [1.54, 1.807) is 0 Å². The highest BCUT2D eigenvalue weighted by atomic mass is 15.0. The summed E-state index contributed by atoms with van der Waals surface area (Å²) in [6.45, 7) is 0. The van der Waals surface area contributed by atoms with E-state index in [1.807, 2.05) is 48.5 Å². The van der Waals surface area contributed by atoms with E-state index in [9.17, 15) is 0 Å². The fourth-order valence-electron chi connectivity index (χ4n) is 10.6. The van der Waals surface area contributed by atoms with E-state index in [1.165, 1.54) is 44.4 Å². The van der Waals surface area contributed by atoms with Crippen molar-refractivity contribution in [3.05, 3.63) is 275 Å². The summed E-state index contributed by atoms with van der Waals surface area (Å²) in [4.78, 5) is 5.13. The normalized spacial score (nSPS) is 17.2. The van der Waals surface area contributed by atoms with Crippen LogP contribution in [0.3, 0.4) is 0 Å². The van der Waals surface area contributed by atoms with Crippen molar-refractivity contribution >= 4 is 22.8 Å². The van der Waals surface area contributed by atoms with Gasteiger partial charge in [-0.1, -0.05) is 206 Å². The number of nitrogens with two attached hydrogens (primary N) is 2. The number of hydrogen-bond acceptors (Lipinski definition) is 2. The van der Waals surface area contributed by atoms with Gasteiger partial charge in [-0.05, 0) is 68.8 Å². The van der Waals surface area contributed by atoms with E-state index in [0.29, 0.717) is 5.84 Å². The Morgan fingerprint density at radius 2 is 1.15 bits per heavy atom. The zero-order valence-electron chi connectivity index (χ0n) is 34.3. The van der Waals surface area contributed by atoms with E-state index >= 15 is 0 Å². The average Bonchev–Trinajstić information content (AvgIpc) is 3.85. The molecule has 0 saturated carbocycles. The van der Waals surface area contributed by atoms with Crippen LogP contribution in [0.1, 0.15) is 68.2 Å². The molecule has 0 radical (unpaired) electrons. The number of allylic oxidation sites excluding steroid dienone is 1. The van der Waals surface area contributed by atoms with Crippen molar-refractivity contribution in [3.8, 4) is 16.8 Å². The van der Waals surface area contributed by atoms with Crippen molar-refractivity contribution in [3.63, 3.8) is 0 Å². The predicted octanol–water partition coefficient (Wildman–Crippen LogP) is 12.6. The second-order valence-corrected chi connectivity index (χ2v) is 16.6. The largest absolute Gasteiger partial charge is 0.383 e. The molecule has 2 aliphatic carbocycles. The fourth-order valence-corrected chi connectivity index (χ4v) is 10.6. The maximum absolute atomic E-state index is 7.09. The molecule has 62 heavy (non-hydrogen) atoms. The summed E-state index contributed by atoms with van der Waals surface area (Å²) >= 11 is 0. The smallest absolute Gasteiger partial charge is 0.126 e. The summed E-state index contributed by atoms with van der Waals surface area (Å²) in [5.74, 6) is 0.692. The first kappa shape index (κ1) is 37.5. The molecule has 1 aromatic heterocycles. The third-order valence-electron chi connectivity index (χ3n) is 13.3. The molecule has 4 atom stereocenters. The summed E-state index contributed by atoms with van der Waals surface area (Å²) in [5.41, 5.74) is 28.8. The van der Waals surface area contributed by atoms with Gasteiger partial charge in [-0.3, -0.25) is 4.99 Å². The van der Waals surface area contributed by atoms with Crippen LogP contribution >= 0.6 is 0 Å². The lowest BCUT2D eigenvalue weighted by Gasteiger charge is -2.40. The van der Waals surface area contributed by atoms with Gasteiger partial charge in [0, 0.05) is 39.7 Å². The molecule has 0 bridgehead atoms. The molecule has 2 aliphatic rings. The topological polar surface area (TPSA) is 69.3 Å². The number of aromatic nitrogens is 1. The molecule has 0 aliphatic heterocycles. The number of para-hydroxylation sites is 1. The minimum absolute atomic E-state index is 0.0964.